The first kappa shape index (κ1) is 14.9. The molecule has 2 aromatic rings. The summed E-state index contributed by atoms with van der Waals surface area (Å²) in [6.07, 6.45) is 0.183. The van der Waals surface area contributed by atoms with Gasteiger partial charge < -0.3 is 18.9 Å². The smallest absolute Gasteiger partial charge is 0.232 e. The highest BCUT2D eigenvalue weighted by atomic mass is 16.5. The van der Waals surface area contributed by atoms with Crippen LogP contribution < -0.4 is 14.4 Å². The Kier molecular flexibility index (Phi) is 4.47. The van der Waals surface area contributed by atoms with Gasteiger partial charge in [0.25, 0.3) is 0 Å². The fourth-order valence-electron chi connectivity index (χ4n) is 1.95. The Morgan fingerprint density at radius 3 is 2.52 bits per heavy atom. The number of hydrogen-bond acceptors (Lipinski definition) is 5. The van der Waals surface area contributed by atoms with Crippen LogP contribution in [0.15, 0.2) is 28.8 Å². The number of anilines is 1. The van der Waals surface area contributed by atoms with Gasteiger partial charge in [0.15, 0.2) is 11.5 Å². The minimum absolute atomic E-state index is 0.0875. The topological polar surface area (TPSA) is 64.8 Å². The third kappa shape index (κ3) is 3.34. The zero-order valence-electron chi connectivity index (χ0n) is 12.5. The van der Waals surface area contributed by atoms with Crippen molar-refractivity contribution < 1.29 is 18.8 Å². The average Bonchev–Trinajstić information content (AvgIpc) is 2.90. The standard InChI is InChI=1S/C15H18N2O4/c1-10-7-11(16-21-10)8-15(18)17(2)12-5-6-13(19-3)14(9-12)20-4/h5-7,9H,8H2,1-4H3. The molecule has 6 nitrogen and oxygen atoms in total. The molecule has 0 N–H and O–H groups in total. The molecule has 0 aliphatic carbocycles. The summed E-state index contributed by atoms with van der Waals surface area (Å²) in [5.41, 5.74) is 1.34. The zero-order valence-corrected chi connectivity index (χ0v) is 12.5. The van der Waals surface area contributed by atoms with E-state index in [4.69, 9.17) is 14.0 Å². The number of rotatable bonds is 5. The molecule has 1 aromatic carbocycles. The van der Waals surface area contributed by atoms with E-state index in [1.165, 1.54) is 0 Å². The molecule has 0 saturated carbocycles. The molecule has 1 aromatic heterocycles. The van der Waals surface area contributed by atoms with Crippen molar-refractivity contribution in [1.29, 1.82) is 0 Å². The van der Waals surface area contributed by atoms with Gasteiger partial charge in [-0.2, -0.15) is 0 Å². The number of methoxy groups -OCH3 is 2. The van der Waals surface area contributed by atoms with Gasteiger partial charge in [0.05, 0.1) is 26.3 Å². The predicted molar refractivity (Wildman–Crippen MR) is 77.9 cm³/mol. The normalized spacial score (nSPS) is 10.3. The number of nitrogens with zero attached hydrogens (tertiary/aromatic N) is 2. The number of hydrogen-bond donors (Lipinski definition) is 0. The number of likely N-dealkylation sites (N-methyl/N-ethyl adjacent to an activating group) is 1. The quantitative estimate of drug-likeness (QED) is 0.844. The lowest BCUT2D eigenvalue weighted by Gasteiger charge is -2.18. The van der Waals surface area contributed by atoms with Gasteiger partial charge in [-0.1, -0.05) is 5.16 Å². The first-order valence-corrected chi connectivity index (χ1v) is 6.46. The molecular formula is C15H18N2O4. The molecule has 0 saturated heterocycles. The summed E-state index contributed by atoms with van der Waals surface area (Å²) in [7, 11) is 4.83. The fourth-order valence-corrected chi connectivity index (χ4v) is 1.95. The Bertz CT molecular complexity index is 636. The van der Waals surface area contributed by atoms with Gasteiger partial charge in [-0.05, 0) is 19.1 Å². The van der Waals surface area contributed by atoms with Crippen LogP contribution in [0.5, 0.6) is 11.5 Å². The van der Waals surface area contributed by atoms with E-state index in [9.17, 15) is 4.79 Å². The monoisotopic (exact) mass is 290 g/mol. The van der Waals surface area contributed by atoms with Crippen molar-refractivity contribution in [3.63, 3.8) is 0 Å². The van der Waals surface area contributed by atoms with Crippen LogP contribution >= 0.6 is 0 Å². The van der Waals surface area contributed by atoms with Crippen LogP contribution in [-0.2, 0) is 11.2 Å². The molecule has 0 spiro atoms. The molecule has 0 radical (unpaired) electrons. The average molecular weight is 290 g/mol. The van der Waals surface area contributed by atoms with Crippen LogP contribution in [0.1, 0.15) is 11.5 Å². The second-order valence-electron chi connectivity index (χ2n) is 4.60. The number of ether oxygens (including phenoxy) is 2. The molecule has 0 aliphatic rings. The highest BCUT2D eigenvalue weighted by Gasteiger charge is 2.16. The van der Waals surface area contributed by atoms with Gasteiger partial charge >= 0.3 is 0 Å². The lowest BCUT2D eigenvalue weighted by molar-refractivity contribution is -0.117. The third-order valence-corrected chi connectivity index (χ3v) is 3.14. The van der Waals surface area contributed by atoms with Gasteiger partial charge in [-0.3, -0.25) is 4.79 Å². The van der Waals surface area contributed by atoms with Crippen LogP contribution in [0, 0.1) is 6.92 Å². The van der Waals surface area contributed by atoms with Crippen LogP contribution in [0.25, 0.3) is 0 Å². The molecule has 0 atom stereocenters. The highest BCUT2D eigenvalue weighted by molar-refractivity contribution is 5.94. The van der Waals surface area contributed by atoms with Crippen LogP contribution in [0.3, 0.4) is 0 Å². The van der Waals surface area contributed by atoms with E-state index in [1.807, 2.05) is 0 Å². The van der Waals surface area contributed by atoms with Gasteiger partial charge in [-0.15, -0.1) is 0 Å². The fraction of sp³-hybridized carbons (Fsp3) is 0.333. The summed E-state index contributed by atoms with van der Waals surface area (Å²) < 4.78 is 15.4. The van der Waals surface area contributed by atoms with E-state index in [0.717, 1.165) is 5.69 Å². The first-order chi connectivity index (χ1) is 10.0. The van der Waals surface area contributed by atoms with Gasteiger partial charge in [0, 0.05) is 24.9 Å². The molecular weight excluding hydrogens is 272 g/mol. The molecule has 1 heterocycles. The van der Waals surface area contributed by atoms with Crippen LogP contribution in [0.4, 0.5) is 5.69 Å². The summed E-state index contributed by atoms with van der Waals surface area (Å²) in [6, 6.07) is 7.07. The highest BCUT2D eigenvalue weighted by Crippen LogP contribution is 2.31. The largest absolute Gasteiger partial charge is 0.493 e. The molecule has 2 rings (SSSR count). The van der Waals surface area contributed by atoms with E-state index in [-0.39, 0.29) is 12.3 Å². The second kappa shape index (κ2) is 6.30. The van der Waals surface area contributed by atoms with Crippen molar-refractivity contribution >= 4 is 11.6 Å². The van der Waals surface area contributed by atoms with Crippen molar-refractivity contribution in [1.82, 2.24) is 5.16 Å². The Hall–Kier alpha value is -2.50. The van der Waals surface area contributed by atoms with E-state index in [2.05, 4.69) is 5.16 Å². The molecule has 0 aliphatic heterocycles. The van der Waals surface area contributed by atoms with E-state index in [0.29, 0.717) is 23.0 Å². The lowest BCUT2D eigenvalue weighted by atomic mass is 10.2. The minimum atomic E-state index is -0.0875. The van der Waals surface area contributed by atoms with E-state index < -0.39 is 0 Å². The maximum Gasteiger partial charge on any atom is 0.232 e. The van der Waals surface area contributed by atoms with Crippen molar-refractivity contribution in [3.05, 3.63) is 35.7 Å². The molecule has 0 fully saturated rings. The summed E-state index contributed by atoms with van der Waals surface area (Å²) in [4.78, 5) is 13.8. The Morgan fingerprint density at radius 1 is 1.24 bits per heavy atom. The van der Waals surface area contributed by atoms with E-state index in [1.54, 1.807) is 57.4 Å². The maximum absolute atomic E-state index is 12.2. The van der Waals surface area contributed by atoms with Crippen molar-refractivity contribution in [3.8, 4) is 11.5 Å². The molecule has 112 valence electrons. The third-order valence-electron chi connectivity index (χ3n) is 3.14. The number of carbonyl (C=O) groups is 1. The van der Waals surface area contributed by atoms with Crippen LogP contribution in [-0.4, -0.2) is 32.3 Å². The van der Waals surface area contributed by atoms with E-state index >= 15 is 0 Å². The van der Waals surface area contributed by atoms with Gasteiger partial charge in [0.2, 0.25) is 5.91 Å². The number of amides is 1. The number of aromatic nitrogens is 1. The lowest BCUT2D eigenvalue weighted by Crippen LogP contribution is -2.27. The molecule has 21 heavy (non-hydrogen) atoms. The number of benzene rings is 1. The first-order valence-electron chi connectivity index (χ1n) is 6.46. The summed E-state index contributed by atoms with van der Waals surface area (Å²) in [5.74, 6) is 1.79. The minimum Gasteiger partial charge on any atom is -0.493 e. The Morgan fingerprint density at radius 2 is 1.95 bits per heavy atom. The van der Waals surface area contributed by atoms with Crippen molar-refractivity contribution in [2.45, 2.75) is 13.3 Å². The molecule has 0 unspecified atom stereocenters. The Balaban J connectivity index is 2.15. The second-order valence-corrected chi connectivity index (χ2v) is 4.60. The molecule has 0 bridgehead atoms. The summed E-state index contributed by atoms with van der Waals surface area (Å²) in [6.45, 7) is 1.79. The van der Waals surface area contributed by atoms with Gasteiger partial charge in [0.1, 0.15) is 5.76 Å². The zero-order chi connectivity index (χ0) is 15.4. The number of carbonyl (C=O) groups excluding carboxylic acids is 1. The summed E-state index contributed by atoms with van der Waals surface area (Å²) in [5, 5.41) is 3.83. The van der Waals surface area contributed by atoms with Crippen molar-refractivity contribution in [2.75, 3.05) is 26.2 Å². The Labute approximate surface area is 123 Å². The molecule has 1 amide bonds. The number of aryl methyl sites for hydroxylation is 1. The van der Waals surface area contributed by atoms with Crippen LogP contribution in [0.2, 0.25) is 0 Å². The summed E-state index contributed by atoms with van der Waals surface area (Å²) >= 11 is 0. The predicted octanol–water partition coefficient (Wildman–Crippen LogP) is 2.21. The molecule has 6 heteroatoms. The van der Waals surface area contributed by atoms with Crippen molar-refractivity contribution in [2.24, 2.45) is 0 Å². The van der Waals surface area contributed by atoms with Gasteiger partial charge in [-0.25, -0.2) is 0 Å². The maximum atomic E-state index is 12.2. The SMILES string of the molecule is COc1ccc(N(C)C(=O)Cc2cc(C)on2)cc1OC.